The van der Waals surface area contributed by atoms with Gasteiger partial charge in [-0.1, -0.05) is 36.8 Å². The molecular formula is C22H27N3OS. The van der Waals surface area contributed by atoms with E-state index < -0.39 is 0 Å². The molecule has 1 amide bonds. The lowest BCUT2D eigenvalue weighted by Crippen LogP contribution is -2.32. The molecule has 142 valence electrons. The van der Waals surface area contributed by atoms with Crippen LogP contribution in [0.15, 0.2) is 42.5 Å². The third-order valence-electron chi connectivity index (χ3n) is 5.00. The van der Waals surface area contributed by atoms with Gasteiger partial charge in [0.15, 0.2) is 5.11 Å². The number of rotatable bonds is 5. The Hall–Kier alpha value is -2.40. The molecule has 2 N–H and O–H groups in total. The molecule has 2 aromatic rings. The van der Waals surface area contributed by atoms with E-state index in [2.05, 4.69) is 49.6 Å². The minimum Gasteiger partial charge on any atom is -0.356 e. The lowest BCUT2D eigenvalue weighted by Gasteiger charge is -2.22. The summed E-state index contributed by atoms with van der Waals surface area (Å²) in [5.41, 5.74) is 5.61. The number of thiocarbonyl (C=S) groups is 1. The summed E-state index contributed by atoms with van der Waals surface area (Å²) in [6.07, 6.45) is 2.49. The Morgan fingerprint density at radius 2 is 2.04 bits per heavy atom. The average molecular weight is 382 g/mol. The molecule has 0 saturated carbocycles. The molecule has 2 aromatic carbocycles. The van der Waals surface area contributed by atoms with Gasteiger partial charge < -0.3 is 15.5 Å². The van der Waals surface area contributed by atoms with Crippen molar-refractivity contribution >= 4 is 34.6 Å². The number of hydrogen-bond donors (Lipinski definition) is 2. The monoisotopic (exact) mass is 381 g/mol. The highest BCUT2D eigenvalue weighted by Crippen LogP contribution is 2.25. The van der Waals surface area contributed by atoms with Crippen molar-refractivity contribution in [2.45, 2.75) is 46.1 Å². The summed E-state index contributed by atoms with van der Waals surface area (Å²) in [7, 11) is 0. The van der Waals surface area contributed by atoms with E-state index >= 15 is 0 Å². The zero-order valence-corrected chi connectivity index (χ0v) is 17.0. The summed E-state index contributed by atoms with van der Waals surface area (Å²) in [5, 5.41) is 7.29. The number of hydrogen-bond acceptors (Lipinski definition) is 2. The molecule has 1 atom stereocenters. The summed E-state index contributed by atoms with van der Waals surface area (Å²) >= 11 is 5.55. The largest absolute Gasteiger partial charge is 0.356 e. The molecule has 1 heterocycles. The fourth-order valence-electron chi connectivity index (χ4n) is 3.61. The van der Waals surface area contributed by atoms with Crippen molar-refractivity contribution in [3.63, 3.8) is 0 Å². The number of benzene rings is 2. The van der Waals surface area contributed by atoms with Gasteiger partial charge in [-0.2, -0.15) is 0 Å². The van der Waals surface area contributed by atoms with E-state index in [9.17, 15) is 4.79 Å². The summed E-state index contributed by atoms with van der Waals surface area (Å²) < 4.78 is 0. The van der Waals surface area contributed by atoms with Gasteiger partial charge >= 0.3 is 0 Å². The van der Waals surface area contributed by atoms with Crippen LogP contribution in [0.5, 0.6) is 0 Å². The number of anilines is 2. The van der Waals surface area contributed by atoms with Crippen LogP contribution in [0.2, 0.25) is 0 Å². The van der Waals surface area contributed by atoms with Gasteiger partial charge in [0.1, 0.15) is 0 Å². The minimum absolute atomic E-state index is 0.161. The first-order chi connectivity index (χ1) is 13.0. The predicted molar refractivity (Wildman–Crippen MR) is 116 cm³/mol. The molecule has 1 aliphatic rings. The molecule has 0 unspecified atom stereocenters. The second kappa shape index (κ2) is 8.53. The average Bonchev–Trinajstić information content (AvgIpc) is 3.06. The van der Waals surface area contributed by atoms with Crippen LogP contribution in [-0.2, 0) is 4.79 Å². The summed E-state index contributed by atoms with van der Waals surface area (Å²) in [4.78, 5) is 13.8. The Morgan fingerprint density at radius 3 is 2.70 bits per heavy atom. The maximum absolute atomic E-state index is 12.0. The van der Waals surface area contributed by atoms with Crippen LogP contribution in [0.1, 0.15) is 48.9 Å². The molecule has 0 aliphatic carbocycles. The SMILES string of the molecule is CC[C@@H](NC(=S)Nc1cccc(N2CCCC2=O)c1)c1ccc(C)cc1C. The Balaban J connectivity index is 1.68. The highest BCUT2D eigenvalue weighted by atomic mass is 32.1. The Kier molecular flexibility index (Phi) is 6.11. The molecule has 3 rings (SSSR count). The molecule has 0 radical (unpaired) electrons. The van der Waals surface area contributed by atoms with Gasteiger partial charge in [0, 0.05) is 24.3 Å². The van der Waals surface area contributed by atoms with E-state index in [4.69, 9.17) is 12.2 Å². The fraction of sp³-hybridized carbons (Fsp3) is 0.364. The summed E-state index contributed by atoms with van der Waals surface area (Å²) in [6.45, 7) is 7.18. The molecule has 0 bridgehead atoms. The molecule has 0 spiro atoms. The van der Waals surface area contributed by atoms with Gasteiger partial charge in [0.25, 0.3) is 0 Å². The van der Waals surface area contributed by atoms with Crippen LogP contribution in [0, 0.1) is 13.8 Å². The number of aryl methyl sites for hydroxylation is 2. The first-order valence-corrected chi connectivity index (χ1v) is 9.94. The first kappa shape index (κ1) is 19.4. The van der Waals surface area contributed by atoms with Crippen molar-refractivity contribution in [1.29, 1.82) is 0 Å². The summed E-state index contributed by atoms with van der Waals surface area (Å²) in [6, 6.07) is 14.5. The molecule has 5 heteroatoms. The van der Waals surface area contributed by atoms with Gasteiger partial charge in [-0.05, 0) is 68.2 Å². The van der Waals surface area contributed by atoms with Crippen molar-refractivity contribution in [2.75, 3.05) is 16.8 Å². The Morgan fingerprint density at radius 1 is 1.22 bits per heavy atom. The molecule has 1 aliphatic heterocycles. The van der Waals surface area contributed by atoms with Crippen LogP contribution in [0.4, 0.5) is 11.4 Å². The number of nitrogens with one attached hydrogen (secondary N) is 2. The van der Waals surface area contributed by atoms with Gasteiger partial charge in [-0.25, -0.2) is 0 Å². The van der Waals surface area contributed by atoms with Gasteiger partial charge in [0.2, 0.25) is 5.91 Å². The van der Waals surface area contributed by atoms with E-state index in [1.54, 1.807) is 0 Å². The molecule has 27 heavy (non-hydrogen) atoms. The lowest BCUT2D eigenvalue weighted by molar-refractivity contribution is -0.117. The summed E-state index contributed by atoms with van der Waals surface area (Å²) in [5.74, 6) is 0.189. The molecule has 1 saturated heterocycles. The highest BCUT2D eigenvalue weighted by molar-refractivity contribution is 7.80. The Bertz CT molecular complexity index is 849. The smallest absolute Gasteiger partial charge is 0.227 e. The van der Waals surface area contributed by atoms with E-state index in [0.29, 0.717) is 11.5 Å². The quantitative estimate of drug-likeness (QED) is 0.726. The lowest BCUT2D eigenvalue weighted by atomic mass is 9.98. The minimum atomic E-state index is 0.161. The Labute approximate surface area is 167 Å². The van der Waals surface area contributed by atoms with E-state index in [0.717, 1.165) is 30.8 Å². The van der Waals surface area contributed by atoms with E-state index in [1.807, 2.05) is 29.2 Å². The zero-order chi connectivity index (χ0) is 19.4. The maximum atomic E-state index is 12.0. The predicted octanol–water partition coefficient (Wildman–Crippen LogP) is 4.87. The standard InChI is InChI=1S/C22H27N3OS/c1-4-20(19-11-10-15(2)13-16(19)3)24-22(27)23-17-7-5-8-18(14-17)25-12-6-9-21(25)26/h5,7-8,10-11,13-14,20H,4,6,9,12H2,1-3H3,(H2,23,24,27)/t20-/m1/s1. The zero-order valence-electron chi connectivity index (χ0n) is 16.2. The molecule has 1 fully saturated rings. The van der Waals surface area contributed by atoms with Gasteiger partial charge in [0.05, 0.1) is 6.04 Å². The van der Waals surface area contributed by atoms with Crippen LogP contribution >= 0.6 is 12.2 Å². The number of carbonyl (C=O) groups is 1. The number of nitrogens with zero attached hydrogens (tertiary/aromatic N) is 1. The second-order valence-corrected chi connectivity index (χ2v) is 7.53. The first-order valence-electron chi connectivity index (χ1n) is 9.53. The third-order valence-corrected chi connectivity index (χ3v) is 5.22. The molecule has 0 aromatic heterocycles. The topological polar surface area (TPSA) is 44.4 Å². The van der Waals surface area contributed by atoms with Crippen LogP contribution in [0.3, 0.4) is 0 Å². The van der Waals surface area contributed by atoms with Crippen molar-refractivity contribution in [3.05, 3.63) is 59.2 Å². The van der Waals surface area contributed by atoms with Gasteiger partial charge in [-0.15, -0.1) is 0 Å². The maximum Gasteiger partial charge on any atom is 0.227 e. The van der Waals surface area contributed by atoms with Crippen LogP contribution in [-0.4, -0.2) is 17.6 Å². The highest BCUT2D eigenvalue weighted by Gasteiger charge is 2.21. The second-order valence-electron chi connectivity index (χ2n) is 7.12. The molecule has 4 nitrogen and oxygen atoms in total. The normalized spacial score (nSPS) is 14.9. The number of amides is 1. The van der Waals surface area contributed by atoms with Crippen molar-refractivity contribution in [2.24, 2.45) is 0 Å². The van der Waals surface area contributed by atoms with E-state index in [-0.39, 0.29) is 11.9 Å². The third kappa shape index (κ3) is 4.66. The van der Waals surface area contributed by atoms with Crippen LogP contribution < -0.4 is 15.5 Å². The van der Waals surface area contributed by atoms with Crippen molar-refractivity contribution in [1.82, 2.24) is 5.32 Å². The fourth-order valence-corrected chi connectivity index (χ4v) is 3.87. The van der Waals surface area contributed by atoms with Crippen LogP contribution in [0.25, 0.3) is 0 Å². The van der Waals surface area contributed by atoms with Crippen molar-refractivity contribution < 1.29 is 4.79 Å². The number of carbonyl (C=O) groups excluding carboxylic acids is 1. The van der Waals surface area contributed by atoms with Crippen molar-refractivity contribution in [3.8, 4) is 0 Å². The van der Waals surface area contributed by atoms with Gasteiger partial charge in [-0.3, -0.25) is 4.79 Å². The van der Waals surface area contributed by atoms with E-state index in [1.165, 1.54) is 16.7 Å². The molecular weight excluding hydrogens is 354 g/mol.